The number of benzene rings is 2. The van der Waals surface area contributed by atoms with Crippen molar-refractivity contribution in [1.29, 1.82) is 0 Å². The van der Waals surface area contributed by atoms with Crippen LogP contribution in [0.1, 0.15) is 24.8 Å². The van der Waals surface area contributed by atoms with Gasteiger partial charge in [0.15, 0.2) is 0 Å². The molecule has 1 amide bonds. The molecule has 1 unspecified atom stereocenters. The number of amides is 1. The third kappa shape index (κ3) is 5.63. The van der Waals surface area contributed by atoms with Crippen molar-refractivity contribution in [2.24, 2.45) is 0 Å². The number of carbonyl (C=O) groups is 1. The lowest BCUT2D eigenvalue weighted by Gasteiger charge is -2.15. The van der Waals surface area contributed by atoms with E-state index in [1.54, 1.807) is 18.2 Å². The average molecular weight is 394 g/mol. The van der Waals surface area contributed by atoms with E-state index in [2.05, 4.69) is 5.32 Å². The first kappa shape index (κ1) is 19.0. The topological polar surface area (TPSA) is 47.6 Å². The summed E-state index contributed by atoms with van der Waals surface area (Å²) in [6.07, 6.45) is 3.16. The molecule has 138 valence electrons. The van der Waals surface area contributed by atoms with Crippen molar-refractivity contribution < 1.29 is 14.3 Å². The highest BCUT2D eigenvalue weighted by Crippen LogP contribution is 2.29. The first-order chi connectivity index (χ1) is 12.6. The Morgan fingerprint density at radius 2 is 1.92 bits per heavy atom. The molecule has 1 atom stereocenters. The maximum Gasteiger partial charge on any atom is 0.224 e. The molecule has 3 rings (SSSR count). The maximum absolute atomic E-state index is 12.3. The van der Waals surface area contributed by atoms with Gasteiger partial charge in [0.05, 0.1) is 11.8 Å². The minimum atomic E-state index is -0.0933. The number of aryl methyl sites for hydroxylation is 1. The molecule has 1 fully saturated rings. The molecule has 1 N–H and O–H groups in total. The number of halogens is 2. The zero-order valence-corrected chi connectivity index (χ0v) is 15.9. The van der Waals surface area contributed by atoms with Crippen molar-refractivity contribution in [3.63, 3.8) is 0 Å². The number of anilines is 1. The van der Waals surface area contributed by atoms with Gasteiger partial charge in [-0.15, -0.1) is 0 Å². The quantitative estimate of drug-likeness (QED) is 0.709. The zero-order chi connectivity index (χ0) is 18.4. The molecular weight excluding hydrogens is 373 g/mol. The van der Waals surface area contributed by atoms with E-state index in [4.69, 9.17) is 32.7 Å². The lowest BCUT2D eigenvalue weighted by atomic mass is 10.1. The van der Waals surface area contributed by atoms with Gasteiger partial charge in [-0.2, -0.15) is 0 Å². The molecular formula is C20H21Cl2NO3. The van der Waals surface area contributed by atoms with Gasteiger partial charge in [-0.3, -0.25) is 4.79 Å². The molecule has 0 spiro atoms. The molecule has 0 aliphatic carbocycles. The largest absolute Gasteiger partial charge is 0.489 e. The Hall–Kier alpha value is -1.75. The number of nitrogens with one attached hydrogen (secondary N) is 1. The predicted molar refractivity (Wildman–Crippen MR) is 104 cm³/mol. The minimum absolute atomic E-state index is 0.0933. The summed E-state index contributed by atoms with van der Waals surface area (Å²) in [5.41, 5.74) is 1.64. The average Bonchev–Trinajstić information content (AvgIpc) is 3.14. The second-order valence-corrected chi connectivity index (χ2v) is 7.13. The Labute approximate surface area is 163 Å². The second-order valence-electron chi connectivity index (χ2n) is 6.26. The molecule has 6 heteroatoms. The summed E-state index contributed by atoms with van der Waals surface area (Å²) < 4.78 is 11.4. The standard InChI is InChI=1S/C20H21Cl2NO3/c21-15-6-3-14(4-7-15)5-10-20(24)23-18-12-16(22)8-9-19(18)26-13-17-2-1-11-25-17/h3-4,6-9,12,17H,1-2,5,10-11,13H2,(H,23,24). The molecule has 0 radical (unpaired) electrons. The number of hydrogen-bond acceptors (Lipinski definition) is 3. The van der Waals surface area contributed by atoms with E-state index in [1.807, 2.05) is 24.3 Å². The molecule has 4 nitrogen and oxygen atoms in total. The monoisotopic (exact) mass is 393 g/mol. The number of ether oxygens (including phenoxy) is 2. The lowest BCUT2D eigenvalue weighted by Crippen LogP contribution is -2.18. The molecule has 0 saturated carbocycles. The molecule has 1 aliphatic rings. The number of hydrogen-bond donors (Lipinski definition) is 1. The SMILES string of the molecule is O=C(CCc1ccc(Cl)cc1)Nc1cc(Cl)ccc1OCC1CCCO1. The van der Waals surface area contributed by atoms with Crippen LogP contribution in [0.3, 0.4) is 0 Å². The second kappa shape index (κ2) is 9.26. The van der Waals surface area contributed by atoms with Gasteiger partial charge < -0.3 is 14.8 Å². The van der Waals surface area contributed by atoms with Gasteiger partial charge in [-0.25, -0.2) is 0 Å². The van der Waals surface area contributed by atoms with E-state index in [9.17, 15) is 4.79 Å². The van der Waals surface area contributed by atoms with Crippen molar-refractivity contribution in [3.05, 3.63) is 58.1 Å². The summed E-state index contributed by atoms with van der Waals surface area (Å²) in [7, 11) is 0. The predicted octanol–water partition coefficient (Wildman–Crippen LogP) is 5.12. The van der Waals surface area contributed by atoms with E-state index in [0.29, 0.717) is 40.9 Å². The first-order valence-corrected chi connectivity index (χ1v) is 9.44. The van der Waals surface area contributed by atoms with Gasteiger partial charge in [0, 0.05) is 23.1 Å². The van der Waals surface area contributed by atoms with Gasteiger partial charge in [0.2, 0.25) is 5.91 Å². The Morgan fingerprint density at radius 1 is 1.15 bits per heavy atom. The molecule has 1 aliphatic heterocycles. The summed E-state index contributed by atoms with van der Waals surface area (Å²) in [4.78, 5) is 12.3. The van der Waals surface area contributed by atoms with Crippen molar-refractivity contribution in [2.45, 2.75) is 31.8 Å². The molecule has 0 bridgehead atoms. The summed E-state index contributed by atoms with van der Waals surface area (Å²) in [5, 5.41) is 4.12. The lowest BCUT2D eigenvalue weighted by molar-refractivity contribution is -0.116. The van der Waals surface area contributed by atoms with E-state index in [0.717, 1.165) is 25.0 Å². The van der Waals surface area contributed by atoms with Crippen LogP contribution in [0.2, 0.25) is 10.0 Å². The van der Waals surface area contributed by atoms with Gasteiger partial charge in [0.25, 0.3) is 0 Å². The molecule has 2 aromatic carbocycles. The van der Waals surface area contributed by atoms with Crippen LogP contribution < -0.4 is 10.1 Å². The third-order valence-corrected chi connectivity index (χ3v) is 4.71. The fourth-order valence-corrected chi connectivity index (χ4v) is 3.10. The van der Waals surface area contributed by atoms with Crippen LogP contribution in [0.15, 0.2) is 42.5 Å². The third-order valence-electron chi connectivity index (χ3n) is 4.22. The van der Waals surface area contributed by atoms with Crippen LogP contribution in [-0.4, -0.2) is 25.2 Å². The van der Waals surface area contributed by atoms with E-state index in [-0.39, 0.29) is 12.0 Å². The number of carbonyl (C=O) groups excluding carboxylic acids is 1. The van der Waals surface area contributed by atoms with Crippen LogP contribution in [0.25, 0.3) is 0 Å². The Balaban J connectivity index is 1.57. The van der Waals surface area contributed by atoms with E-state index >= 15 is 0 Å². The summed E-state index contributed by atoms with van der Waals surface area (Å²) in [6.45, 7) is 1.25. The van der Waals surface area contributed by atoms with Crippen molar-refractivity contribution >= 4 is 34.8 Å². The van der Waals surface area contributed by atoms with Crippen LogP contribution in [0.4, 0.5) is 5.69 Å². The summed E-state index contributed by atoms with van der Waals surface area (Å²) >= 11 is 11.9. The Morgan fingerprint density at radius 3 is 2.65 bits per heavy atom. The van der Waals surface area contributed by atoms with Crippen LogP contribution in [-0.2, 0) is 16.0 Å². The van der Waals surface area contributed by atoms with Crippen molar-refractivity contribution in [2.75, 3.05) is 18.5 Å². The van der Waals surface area contributed by atoms with Crippen LogP contribution in [0.5, 0.6) is 5.75 Å². The molecule has 2 aromatic rings. The molecule has 1 saturated heterocycles. The highest BCUT2D eigenvalue weighted by molar-refractivity contribution is 6.31. The summed E-state index contributed by atoms with van der Waals surface area (Å²) in [5.74, 6) is 0.508. The fourth-order valence-electron chi connectivity index (χ4n) is 2.81. The Kier molecular flexibility index (Phi) is 6.78. The van der Waals surface area contributed by atoms with Crippen LogP contribution >= 0.6 is 23.2 Å². The molecule has 26 heavy (non-hydrogen) atoms. The molecule has 1 heterocycles. The van der Waals surface area contributed by atoms with Crippen molar-refractivity contribution in [1.82, 2.24) is 0 Å². The smallest absolute Gasteiger partial charge is 0.224 e. The van der Waals surface area contributed by atoms with Gasteiger partial charge in [0.1, 0.15) is 12.4 Å². The fraction of sp³-hybridized carbons (Fsp3) is 0.350. The number of rotatable bonds is 7. The minimum Gasteiger partial charge on any atom is -0.489 e. The maximum atomic E-state index is 12.3. The van der Waals surface area contributed by atoms with E-state index < -0.39 is 0 Å². The highest BCUT2D eigenvalue weighted by atomic mass is 35.5. The highest BCUT2D eigenvalue weighted by Gasteiger charge is 2.17. The zero-order valence-electron chi connectivity index (χ0n) is 14.3. The van der Waals surface area contributed by atoms with Crippen molar-refractivity contribution in [3.8, 4) is 5.75 Å². The first-order valence-electron chi connectivity index (χ1n) is 8.68. The normalized spacial score (nSPS) is 16.5. The van der Waals surface area contributed by atoms with Gasteiger partial charge in [-0.05, 0) is 55.2 Å². The molecule has 0 aromatic heterocycles. The van der Waals surface area contributed by atoms with Gasteiger partial charge >= 0.3 is 0 Å². The van der Waals surface area contributed by atoms with Crippen LogP contribution in [0, 0.1) is 0 Å². The Bertz CT molecular complexity index is 743. The van der Waals surface area contributed by atoms with E-state index in [1.165, 1.54) is 0 Å². The van der Waals surface area contributed by atoms with Gasteiger partial charge in [-0.1, -0.05) is 35.3 Å². The summed E-state index contributed by atoms with van der Waals surface area (Å²) in [6, 6.07) is 12.7.